The van der Waals surface area contributed by atoms with Crippen molar-refractivity contribution in [2.75, 3.05) is 11.9 Å². The van der Waals surface area contributed by atoms with Gasteiger partial charge in [0, 0.05) is 12.1 Å². The van der Waals surface area contributed by atoms with E-state index in [1.54, 1.807) is 6.07 Å². The van der Waals surface area contributed by atoms with Gasteiger partial charge in [0.1, 0.15) is 17.6 Å². The van der Waals surface area contributed by atoms with E-state index in [0.717, 1.165) is 5.56 Å². The molecular weight excluding hydrogens is 279 g/mol. The Morgan fingerprint density at radius 1 is 1.25 bits per heavy atom. The molecule has 0 aliphatic heterocycles. The van der Waals surface area contributed by atoms with Crippen LogP contribution in [0.15, 0.2) is 42.5 Å². The maximum absolute atomic E-state index is 13.2. The zero-order valence-corrected chi connectivity index (χ0v) is 11.3. The summed E-state index contributed by atoms with van der Waals surface area (Å²) in [6.45, 7) is 0.405. The normalized spacial score (nSPS) is 9.85. The zero-order chi connectivity index (χ0) is 14.4. The van der Waals surface area contributed by atoms with Gasteiger partial charge in [-0.3, -0.25) is 0 Å². The van der Waals surface area contributed by atoms with Crippen LogP contribution in [-0.4, -0.2) is 6.61 Å². The van der Waals surface area contributed by atoms with Crippen LogP contribution in [-0.2, 0) is 6.54 Å². The first kappa shape index (κ1) is 14.2. The third kappa shape index (κ3) is 3.62. The summed E-state index contributed by atoms with van der Waals surface area (Å²) < 4.78 is 18.5. The number of rotatable bonds is 5. The van der Waals surface area contributed by atoms with E-state index in [4.69, 9.17) is 21.6 Å². The minimum Gasteiger partial charge on any atom is -0.478 e. The third-order valence-electron chi connectivity index (χ3n) is 2.66. The lowest BCUT2D eigenvalue weighted by Crippen LogP contribution is -2.04. The topological polar surface area (TPSA) is 45.0 Å². The Morgan fingerprint density at radius 2 is 2.05 bits per heavy atom. The first-order valence-corrected chi connectivity index (χ1v) is 6.35. The van der Waals surface area contributed by atoms with E-state index in [0.29, 0.717) is 23.0 Å². The maximum atomic E-state index is 13.2. The van der Waals surface area contributed by atoms with Gasteiger partial charge < -0.3 is 10.1 Å². The highest BCUT2D eigenvalue weighted by Crippen LogP contribution is 2.25. The molecule has 0 saturated carbocycles. The van der Waals surface area contributed by atoms with Crippen molar-refractivity contribution in [1.29, 1.82) is 5.26 Å². The fourth-order valence-corrected chi connectivity index (χ4v) is 1.91. The van der Waals surface area contributed by atoms with E-state index in [9.17, 15) is 4.39 Å². The van der Waals surface area contributed by atoms with Crippen LogP contribution >= 0.6 is 11.6 Å². The molecule has 0 aromatic heterocycles. The first-order valence-electron chi connectivity index (χ1n) is 5.97. The van der Waals surface area contributed by atoms with Crippen molar-refractivity contribution in [3.63, 3.8) is 0 Å². The number of anilines is 1. The summed E-state index contributed by atoms with van der Waals surface area (Å²) in [5.41, 5.74) is 1.38. The monoisotopic (exact) mass is 290 g/mol. The molecule has 3 nitrogen and oxygen atoms in total. The van der Waals surface area contributed by atoms with Gasteiger partial charge in [-0.1, -0.05) is 29.8 Å². The first-order chi connectivity index (χ1) is 9.70. The van der Waals surface area contributed by atoms with Crippen LogP contribution in [0, 0.1) is 17.1 Å². The molecule has 1 N–H and O–H groups in total. The van der Waals surface area contributed by atoms with E-state index in [1.807, 2.05) is 24.3 Å². The average molecular weight is 291 g/mol. The van der Waals surface area contributed by atoms with Crippen LogP contribution in [0.1, 0.15) is 5.56 Å². The second kappa shape index (κ2) is 6.78. The van der Waals surface area contributed by atoms with E-state index in [2.05, 4.69) is 5.32 Å². The Kier molecular flexibility index (Phi) is 4.80. The molecule has 2 aromatic carbocycles. The molecule has 0 amide bonds. The lowest BCUT2D eigenvalue weighted by atomic mass is 10.2. The van der Waals surface area contributed by atoms with Crippen molar-refractivity contribution < 1.29 is 9.13 Å². The summed E-state index contributed by atoms with van der Waals surface area (Å²) in [7, 11) is 0. The van der Waals surface area contributed by atoms with Gasteiger partial charge in [-0.15, -0.1) is 0 Å². The van der Waals surface area contributed by atoms with Crippen LogP contribution in [0.25, 0.3) is 0 Å². The molecule has 2 aromatic rings. The predicted molar refractivity (Wildman–Crippen MR) is 76.3 cm³/mol. The van der Waals surface area contributed by atoms with Crippen LogP contribution in [0.2, 0.25) is 5.02 Å². The molecule has 2 rings (SSSR count). The Morgan fingerprint density at radius 3 is 2.85 bits per heavy atom. The average Bonchev–Trinajstić information content (AvgIpc) is 2.47. The standard InChI is InChI=1S/C15H12ClFN2O/c16-13-6-5-12(17)9-14(13)19-10-11-3-1-2-4-15(11)20-8-7-18/h1-6,9,19H,8,10H2. The molecule has 20 heavy (non-hydrogen) atoms. The number of nitriles is 1. The fraction of sp³-hybridized carbons (Fsp3) is 0.133. The van der Waals surface area contributed by atoms with E-state index in [-0.39, 0.29) is 12.4 Å². The highest BCUT2D eigenvalue weighted by Gasteiger charge is 2.05. The minimum atomic E-state index is -0.356. The molecule has 0 bridgehead atoms. The van der Waals surface area contributed by atoms with Crippen molar-refractivity contribution in [1.82, 2.24) is 0 Å². The Hall–Kier alpha value is -2.25. The summed E-state index contributed by atoms with van der Waals surface area (Å²) in [5.74, 6) is 0.264. The number of ether oxygens (including phenoxy) is 1. The zero-order valence-electron chi connectivity index (χ0n) is 10.6. The lowest BCUT2D eigenvalue weighted by Gasteiger charge is -2.12. The SMILES string of the molecule is N#CCOc1ccccc1CNc1cc(F)ccc1Cl. The molecule has 102 valence electrons. The van der Waals surface area contributed by atoms with E-state index >= 15 is 0 Å². The maximum Gasteiger partial charge on any atom is 0.174 e. The quantitative estimate of drug-likeness (QED) is 0.905. The Balaban J connectivity index is 2.11. The van der Waals surface area contributed by atoms with Crippen LogP contribution in [0.4, 0.5) is 10.1 Å². The molecule has 0 spiro atoms. The van der Waals surface area contributed by atoms with E-state index < -0.39 is 0 Å². The van der Waals surface area contributed by atoms with E-state index in [1.165, 1.54) is 18.2 Å². The molecule has 0 atom stereocenters. The number of nitrogens with zero attached hydrogens (tertiary/aromatic N) is 1. The van der Waals surface area contributed by atoms with Crippen LogP contribution in [0.5, 0.6) is 5.75 Å². The predicted octanol–water partition coefficient (Wildman–Crippen LogP) is 3.99. The van der Waals surface area contributed by atoms with Gasteiger partial charge in [-0.2, -0.15) is 5.26 Å². The van der Waals surface area contributed by atoms with Crippen molar-refractivity contribution in [2.45, 2.75) is 6.54 Å². The summed E-state index contributed by atoms with van der Waals surface area (Å²) in [4.78, 5) is 0. The molecule has 5 heteroatoms. The molecular formula is C15H12ClFN2O. The molecule has 0 heterocycles. The number of halogens is 2. The number of hydrogen-bond donors (Lipinski definition) is 1. The number of para-hydroxylation sites is 1. The van der Waals surface area contributed by atoms with Gasteiger partial charge in [0.05, 0.1) is 10.7 Å². The van der Waals surface area contributed by atoms with Crippen LogP contribution < -0.4 is 10.1 Å². The highest BCUT2D eigenvalue weighted by atomic mass is 35.5. The molecule has 0 aliphatic rings. The van der Waals surface area contributed by atoms with Gasteiger partial charge >= 0.3 is 0 Å². The summed E-state index contributed by atoms with van der Waals surface area (Å²) in [5, 5.41) is 12.0. The van der Waals surface area contributed by atoms with Gasteiger partial charge in [-0.05, 0) is 24.3 Å². The summed E-state index contributed by atoms with van der Waals surface area (Å²) in [6.07, 6.45) is 0. The minimum absolute atomic E-state index is 0.0161. The molecule has 0 aliphatic carbocycles. The van der Waals surface area contributed by atoms with Crippen molar-refractivity contribution in [2.24, 2.45) is 0 Å². The largest absolute Gasteiger partial charge is 0.478 e. The van der Waals surface area contributed by atoms with Crippen molar-refractivity contribution >= 4 is 17.3 Å². The van der Waals surface area contributed by atoms with Crippen molar-refractivity contribution in [3.05, 3.63) is 58.9 Å². The number of nitrogens with one attached hydrogen (secondary N) is 1. The number of benzene rings is 2. The van der Waals surface area contributed by atoms with Gasteiger partial charge in [0.15, 0.2) is 6.61 Å². The second-order valence-corrected chi connectivity index (χ2v) is 4.44. The van der Waals surface area contributed by atoms with Crippen molar-refractivity contribution in [3.8, 4) is 11.8 Å². The molecule has 0 radical (unpaired) electrons. The smallest absolute Gasteiger partial charge is 0.174 e. The van der Waals surface area contributed by atoms with Gasteiger partial charge in [0.25, 0.3) is 0 Å². The highest BCUT2D eigenvalue weighted by molar-refractivity contribution is 6.33. The molecule has 0 unspecified atom stereocenters. The third-order valence-corrected chi connectivity index (χ3v) is 2.99. The second-order valence-electron chi connectivity index (χ2n) is 4.03. The van der Waals surface area contributed by atoms with Gasteiger partial charge in [-0.25, -0.2) is 4.39 Å². The molecule has 0 saturated heterocycles. The number of hydrogen-bond acceptors (Lipinski definition) is 3. The van der Waals surface area contributed by atoms with Crippen LogP contribution in [0.3, 0.4) is 0 Å². The molecule has 0 fully saturated rings. The Bertz CT molecular complexity index is 640. The summed E-state index contributed by atoms with van der Waals surface area (Å²) in [6, 6.07) is 13.4. The fourth-order valence-electron chi connectivity index (χ4n) is 1.72. The summed E-state index contributed by atoms with van der Waals surface area (Å²) >= 11 is 5.98. The van der Waals surface area contributed by atoms with Gasteiger partial charge in [0.2, 0.25) is 0 Å². The Labute approximate surface area is 121 Å². The lowest BCUT2D eigenvalue weighted by molar-refractivity contribution is 0.364.